The molecule has 5 N–H and O–H groups in total. The van der Waals surface area contributed by atoms with Crippen LogP contribution in [-0.2, 0) is 27.3 Å². The van der Waals surface area contributed by atoms with Crippen molar-refractivity contribution in [3.8, 4) is 0 Å². The minimum atomic E-state index is -0.628. The summed E-state index contributed by atoms with van der Waals surface area (Å²) in [5, 5.41) is 7.34. The van der Waals surface area contributed by atoms with Crippen molar-refractivity contribution in [3.63, 3.8) is 0 Å². The third-order valence-electron chi connectivity index (χ3n) is 4.94. The first kappa shape index (κ1) is 27.1. The normalized spacial score (nSPS) is 10.4. The van der Waals surface area contributed by atoms with Gasteiger partial charge in [0.1, 0.15) is 6.61 Å². The fourth-order valence-corrected chi connectivity index (χ4v) is 3.20. The second kappa shape index (κ2) is 14.9. The van der Waals surface area contributed by atoms with Gasteiger partial charge in [-0.25, -0.2) is 10.2 Å². The van der Waals surface area contributed by atoms with Gasteiger partial charge >= 0.3 is 6.09 Å². The Hall–Kier alpha value is -3.14. The number of carbonyl (C=O) groups is 3. The summed E-state index contributed by atoms with van der Waals surface area (Å²) >= 11 is 6.20. The van der Waals surface area contributed by atoms with Gasteiger partial charge in [-0.15, -0.1) is 0 Å². The molecule has 34 heavy (non-hydrogen) atoms. The minimum Gasteiger partial charge on any atom is -0.449 e. The quantitative estimate of drug-likeness (QED) is 0.253. The van der Waals surface area contributed by atoms with Crippen molar-refractivity contribution in [2.24, 2.45) is 5.73 Å². The number of rotatable bonds is 13. The molecule has 0 aliphatic rings. The summed E-state index contributed by atoms with van der Waals surface area (Å²) in [5.74, 6) is -0.511. The highest BCUT2D eigenvalue weighted by Gasteiger charge is 2.15. The highest BCUT2D eigenvalue weighted by atomic mass is 35.5. The molecule has 0 spiro atoms. The highest BCUT2D eigenvalue weighted by Crippen LogP contribution is 2.14. The van der Waals surface area contributed by atoms with Gasteiger partial charge in [0.2, 0.25) is 11.8 Å². The van der Waals surface area contributed by atoms with Gasteiger partial charge in [-0.3, -0.25) is 19.9 Å². The number of aryl methyl sites for hydroxylation is 1. The van der Waals surface area contributed by atoms with E-state index in [2.05, 4.69) is 23.0 Å². The van der Waals surface area contributed by atoms with E-state index in [4.69, 9.17) is 22.1 Å². The molecule has 2 aromatic rings. The number of halogens is 1. The molecule has 3 amide bonds. The van der Waals surface area contributed by atoms with Crippen LogP contribution in [0.15, 0.2) is 48.5 Å². The number of anilines is 1. The molecule has 0 aromatic heterocycles. The predicted octanol–water partition coefficient (Wildman–Crippen LogP) is 2.84. The zero-order valence-electron chi connectivity index (χ0n) is 19.3. The van der Waals surface area contributed by atoms with Crippen LogP contribution >= 0.6 is 11.6 Å². The monoisotopic (exact) mass is 489 g/mol. The Labute approximate surface area is 204 Å². The van der Waals surface area contributed by atoms with Gasteiger partial charge in [-0.1, -0.05) is 48.9 Å². The first-order chi connectivity index (χ1) is 16.4. The first-order valence-corrected chi connectivity index (χ1v) is 11.6. The van der Waals surface area contributed by atoms with E-state index in [-0.39, 0.29) is 31.4 Å². The molecular formula is C24H32ClN5O4. The summed E-state index contributed by atoms with van der Waals surface area (Å²) in [6, 6.07) is 14.8. The Bertz CT molecular complexity index is 939. The van der Waals surface area contributed by atoms with Crippen LogP contribution in [0.5, 0.6) is 0 Å². The number of benzene rings is 2. The molecule has 0 aliphatic carbocycles. The third-order valence-corrected chi connectivity index (χ3v) is 5.31. The fraction of sp³-hybridized carbons (Fsp3) is 0.375. The van der Waals surface area contributed by atoms with Crippen LogP contribution in [0.25, 0.3) is 0 Å². The largest absolute Gasteiger partial charge is 0.449 e. The number of carbonyl (C=O) groups excluding carboxylic acids is 3. The maximum absolute atomic E-state index is 12.8. The zero-order chi connectivity index (χ0) is 24.8. The van der Waals surface area contributed by atoms with E-state index in [9.17, 15) is 14.4 Å². The average molecular weight is 490 g/mol. The lowest BCUT2D eigenvalue weighted by Crippen LogP contribution is -2.44. The molecule has 10 heteroatoms. The summed E-state index contributed by atoms with van der Waals surface area (Å²) in [7, 11) is 0. The van der Waals surface area contributed by atoms with E-state index in [0.29, 0.717) is 36.8 Å². The van der Waals surface area contributed by atoms with E-state index >= 15 is 0 Å². The van der Waals surface area contributed by atoms with Crippen LogP contribution in [0.2, 0.25) is 5.02 Å². The van der Waals surface area contributed by atoms with Gasteiger partial charge in [0, 0.05) is 30.3 Å². The topological polar surface area (TPSA) is 126 Å². The SMILES string of the molecule is CCc1ccc(NC(=O)OCCC(=O)N(CCCNC(=O)CN)NCc2ccccc2Cl)cc1. The Kier molecular flexibility index (Phi) is 11.9. The molecule has 0 aliphatic heterocycles. The number of nitrogens with one attached hydrogen (secondary N) is 3. The first-order valence-electron chi connectivity index (χ1n) is 11.2. The maximum atomic E-state index is 12.8. The number of hydrogen-bond acceptors (Lipinski definition) is 6. The van der Waals surface area contributed by atoms with Crippen molar-refractivity contribution in [2.75, 3.05) is 31.6 Å². The van der Waals surface area contributed by atoms with E-state index in [1.807, 2.05) is 30.3 Å². The summed E-state index contributed by atoms with van der Waals surface area (Å²) in [4.78, 5) is 36.1. The second-order valence-electron chi connectivity index (χ2n) is 7.44. The second-order valence-corrected chi connectivity index (χ2v) is 7.85. The molecule has 0 heterocycles. The number of nitrogens with zero attached hydrogens (tertiary/aromatic N) is 1. The van der Waals surface area contributed by atoms with Crippen molar-refractivity contribution in [3.05, 3.63) is 64.7 Å². The number of hydrogen-bond donors (Lipinski definition) is 4. The van der Waals surface area contributed by atoms with Gasteiger partial charge in [0.05, 0.1) is 13.0 Å². The van der Waals surface area contributed by atoms with Gasteiger partial charge < -0.3 is 15.8 Å². The van der Waals surface area contributed by atoms with Crippen molar-refractivity contribution >= 4 is 35.2 Å². The molecule has 9 nitrogen and oxygen atoms in total. The molecule has 0 bridgehead atoms. The van der Waals surface area contributed by atoms with Crippen molar-refractivity contribution < 1.29 is 19.1 Å². The molecule has 0 saturated heterocycles. The van der Waals surface area contributed by atoms with Crippen LogP contribution < -0.4 is 21.8 Å². The number of nitrogens with two attached hydrogens (primary N) is 1. The van der Waals surface area contributed by atoms with Crippen LogP contribution in [-0.4, -0.2) is 49.2 Å². The lowest BCUT2D eigenvalue weighted by molar-refractivity contribution is -0.135. The summed E-state index contributed by atoms with van der Waals surface area (Å²) < 4.78 is 5.16. The van der Waals surface area contributed by atoms with E-state index in [0.717, 1.165) is 17.5 Å². The molecule has 0 radical (unpaired) electrons. The number of hydrazine groups is 1. The summed E-state index contributed by atoms with van der Waals surface area (Å²) in [6.07, 6.45) is 0.791. The lowest BCUT2D eigenvalue weighted by Gasteiger charge is -2.24. The smallest absolute Gasteiger partial charge is 0.411 e. The van der Waals surface area contributed by atoms with Crippen molar-refractivity contribution in [1.82, 2.24) is 15.8 Å². The molecule has 0 atom stereocenters. The third kappa shape index (κ3) is 9.78. The average Bonchev–Trinajstić information content (AvgIpc) is 2.84. The van der Waals surface area contributed by atoms with Gasteiger partial charge in [-0.05, 0) is 42.2 Å². The molecule has 2 rings (SSSR count). The number of ether oxygens (including phenoxy) is 1. The van der Waals surface area contributed by atoms with Gasteiger partial charge in [-0.2, -0.15) is 0 Å². The lowest BCUT2D eigenvalue weighted by atomic mass is 10.1. The Balaban J connectivity index is 1.83. The zero-order valence-corrected chi connectivity index (χ0v) is 20.1. The molecule has 2 aromatic carbocycles. The van der Waals surface area contributed by atoms with E-state index in [1.165, 1.54) is 5.01 Å². The van der Waals surface area contributed by atoms with Crippen LogP contribution in [0.4, 0.5) is 10.5 Å². The van der Waals surface area contributed by atoms with Crippen LogP contribution in [0.3, 0.4) is 0 Å². The standard InChI is InChI=1S/C24H32ClN5O4/c1-2-18-8-10-20(11-9-18)29-24(33)34-15-12-23(32)30(14-5-13-27-22(31)16-26)28-17-19-6-3-4-7-21(19)25/h3-4,6-11,28H,2,5,12-17,26H2,1H3,(H,27,31)(H,29,33). The van der Waals surface area contributed by atoms with Crippen LogP contribution in [0.1, 0.15) is 30.9 Å². The summed E-state index contributed by atoms with van der Waals surface area (Å²) in [6.45, 7) is 2.95. The molecule has 0 fully saturated rings. The molecule has 184 valence electrons. The molecule has 0 unspecified atom stereocenters. The summed E-state index contributed by atoms with van der Waals surface area (Å²) in [5.41, 5.74) is 11.0. The molecular weight excluding hydrogens is 458 g/mol. The van der Waals surface area contributed by atoms with E-state index in [1.54, 1.807) is 18.2 Å². The van der Waals surface area contributed by atoms with E-state index < -0.39 is 6.09 Å². The van der Waals surface area contributed by atoms with Crippen molar-refractivity contribution in [1.29, 1.82) is 0 Å². The van der Waals surface area contributed by atoms with Gasteiger partial charge in [0.25, 0.3) is 0 Å². The Morgan fingerprint density at radius 2 is 1.82 bits per heavy atom. The predicted molar refractivity (Wildman–Crippen MR) is 132 cm³/mol. The number of amides is 3. The van der Waals surface area contributed by atoms with Crippen molar-refractivity contribution in [2.45, 2.75) is 32.7 Å². The molecule has 0 saturated carbocycles. The minimum absolute atomic E-state index is 0.00707. The van der Waals surface area contributed by atoms with Gasteiger partial charge in [0.15, 0.2) is 0 Å². The highest BCUT2D eigenvalue weighted by molar-refractivity contribution is 6.31. The van der Waals surface area contributed by atoms with Crippen LogP contribution in [0, 0.1) is 0 Å². The Morgan fingerprint density at radius 1 is 1.09 bits per heavy atom. The fourth-order valence-electron chi connectivity index (χ4n) is 3.00. The maximum Gasteiger partial charge on any atom is 0.411 e. The Morgan fingerprint density at radius 3 is 2.50 bits per heavy atom.